The molecule has 2 aromatic rings. The highest BCUT2D eigenvalue weighted by Crippen LogP contribution is 2.32. The molecule has 0 bridgehead atoms. The summed E-state index contributed by atoms with van der Waals surface area (Å²) in [6.07, 6.45) is 3.15. The predicted octanol–water partition coefficient (Wildman–Crippen LogP) is 2.13. The van der Waals surface area contributed by atoms with Crippen molar-refractivity contribution in [3.8, 4) is 0 Å². The first kappa shape index (κ1) is 12.0. The van der Waals surface area contributed by atoms with Gasteiger partial charge < -0.3 is 5.32 Å². The lowest BCUT2D eigenvalue weighted by Gasteiger charge is -2.25. The van der Waals surface area contributed by atoms with Crippen LogP contribution in [0.1, 0.15) is 23.6 Å². The molecule has 4 nitrogen and oxygen atoms in total. The Hall–Kier alpha value is -2.10. The molecule has 0 saturated carbocycles. The van der Waals surface area contributed by atoms with Crippen LogP contribution in [0.5, 0.6) is 0 Å². The quantitative estimate of drug-likeness (QED) is 0.914. The van der Waals surface area contributed by atoms with Gasteiger partial charge in [-0.25, -0.2) is 0 Å². The van der Waals surface area contributed by atoms with Crippen LogP contribution in [0.3, 0.4) is 0 Å². The van der Waals surface area contributed by atoms with Gasteiger partial charge in [-0.05, 0) is 24.1 Å². The second-order valence-electron chi connectivity index (χ2n) is 4.98. The fraction of sp³-hybridized carbons (Fsp3) is 0.333. The average Bonchev–Trinajstić information content (AvgIpc) is 2.83. The smallest absolute Gasteiger partial charge is 0.146 e. The van der Waals surface area contributed by atoms with Gasteiger partial charge in [-0.1, -0.05) is 18.2 Å². The van der Waals surface area contributed by atoms with Gasteiger partial charge in [0.2, 0.25) is 0 Å². The third-order valence-corrected chi connectivity index (χ3v) is 3.60. The van der Waals surface area contributed by atoms with Crippen LogP contribution in [0.25, 0.3) is 0 Å². The number of hydrogen-bond donors (Lipinski definition) is 1. The highest BCUT2D eigenvalue weighted by Gasteiger charge is 2.26. The Morgan fingerprint density at radius 1 is 1.42 bits per heavy atom. The highest BCUT2D eigenvalue weighted by molar-refractivity contribution is 5.89. The molecule has 1 aromatic heterocycles. The number of rotatable bonds is 3. The minimum Gasteiger partial charge on any atom is -0.385 e. The van der Waals surface area contributed by atoms with Gasteiger partial charge in [0.1, 0.15) is 5.78 Å². The Balaban J connectivity index is 1.81. The van der Waals surface area contributed by atoms with Crippen molar-refractivity contribution in [1.82, 2.24) is 9.78 Å². The lowest BCUT2D eigenvalue weighted by molar-refractivity contribution is -0.120. The molecule has 1 N–H and O–H groups in total. The predicted molar refractivity (Wildman–Crippen MR) is 74.2 cm³/mol. The number of hydrogen-bond acceptors (Lipinski definition) is 3. The van der Waals surface area contributed by atoms with Crippen LogP contribution in [0.15, 0.2) is 36.5 Å². The van der Waals surface area contributed by atoms with Crippen molar-refractivity contribution in [3.63, 3.8) is 0 Å². The number of benzene rings is 1. The molecule has 0 fully saturated rings. The Morgan fingerprint density at radius 2 is 2.26 bits per heavy atom. The summed E-state index contributed by atoms with van der Waals surface area (Å²) in [5, 5.41) is 7.63. The fourth-order valence-corrected chi connectivity index (χ4v) is 2.66. The number of nitrogens with one attached hydrogen (secondary N) is 1. The first-order valence-electron chi connectivity index (χ1n) is 6.58. The summed E-state index contributed by atoms with van der Waals surface area (Å²) in [5.41, 5.74) is 3.06. The summed E-state index contributed by atoms with van der Waals surface area (Å²) in [6.45, 7) is 0.857. The minimum absolute atomic E-state index is 0.000504. The van der Waals surface area contributed by atoms with Crippen molar-refractivity contribution in [1.29, 1.82) is 0 Å². The second kappa shape index (κ2) is 4.88. The van der Waals surface area contributed by atoms with Crippen molar-refractivity contribution >= 4 is 11.5 Å². The molecule has 2 heterocycles. The van der Waals surface area contributed by atoms with Crippen LogP contribution in [-0.2, 0) is 18.3 Å². The van der Waals surface area contributed by atoms with Crippen molar-refractivity contribution in [2.75, 3.05) is 11.9 Å². The summed E-state index contributed by atoms with van der Waals surface area (Å²) in [7, 11) is 1.87. The van der Waals surface area contributed by atoms with Gasteiger partial charge in [0.05, 0.1) is 12.1 Å². The summed E-state index contributed by atoms with van der Waals surface area (Å²) < 4.78 is 1.74. The monoisotopic (exact) mass is 255 g/mol. The molecular formula is C15H17N3O. The molecule has 1 aliphatic rings. The van der Waals surface area contributed by atoms with E-state index in [9.17, 15) is 4.79 Å². The van der Waals surface area contributed by atoms with Crippen molar-refractivity contribution in [2.24, 2.45) is 7.05 Å². The van der Waals surface area contributed by atoms with Crippen LogP contribution in [0.2, 0.25) is 0 Å². The number of para-hydroxylation sites is 1. The minimum atomic E-state index is -0.000504. The van der Waals surface area contributed by atoms with Crippen LogP contribution >= 0.6 is 0 Å². The summed E-state index contributed by atoms with van der Waals surface area (Å²) in [5.74, 6) is 0.257. The molecule has 3 rings (SSSR count). The topological polar surface area (TPSA) is 46.9 Å². The van der Waals surface area contributed by atoms with Crippen LogP contribution in [0.4, 0.5) is 5.69 Å². The molecule has 98 valence electrons. The molecule has 4 heteroatoms. The SMILES string of the molecule is Cn1ccc(CC(=O)C2CCNc3ccccc32)n1. The number of anilines is 1. The number of nitrogens with zero attached hydrogens (tertiary/aromatic N) is 2. The van der Waals surface area contributed by atoms with Crippen molar-refractivity contribution in [2.45, 2.75) is 18.8 Å². The van der Waals surface area contributed by atoms with Gasteiger partial charge in [0.15, 0.2) is 0 Å². The van der Waals surface area contributed by atoms with E-state index in [0.29, 0.717) is 6.42 Å². The molecule has 1 atom stereocenters. The molecule has 0 aliphatic carbocycles. The first-order chi connectivity index (χ1) is 9.24. The maximum atomic E-state index is 12.5. The first-order valence-corrected chi connectivity index (χ1v) is 6.58. The third-order valence-electron chi connectivity index (χ3n) is 3.60. The molecule has 0 spiro atoms. The molecule has 0 radical (unpaired) electrons. The van der Waals surface area contributed by atoms with Gasteiger partial charge in [0, 0.05) is 31.4 Å². The van der Waals surface area contributed by atoms with E-state index in [1.54, 1.807) is 4.68 Å². The maximum Gasteiger partial charge on any atom is 0.146 e. The molecule has 1 unspecified atom stereocenters. The Bertz CT molecular complexity index is 603. The average molecular weight is 255 g/mol. The van der Waals surface area contributed by atoms with Gasteiger partial charge >= 0.3 is 0 Å². The van der Waals surface area contributed by atoms with Gasteiger partial charge in [-0.15, -0.1) is 0 Å². The molecule has 1 aliphatic heterocycles. The molecule has 0 amide bonds. The number of aromatic nitrogens is 2. The lowest BCUT2D eigenvalue weighted by Crippen LogP contribution is -2.24. The third kappa shape index (κ3) is 2.38. The molecule has 1 aromatic carbocycles. The van der Waals surface area contributed by atoms with Crippen molar-refractivity contribution < 1.29 is 4.79 Å². The number of carbonyl (C=O) groups is 1. The highest BCUT2D eigenvalue weighted by atomic mass is 16.1. The number of Topliss-reactive ketones (excluding diaryl/α,β-unsaturated/α-hetero) is 1. The molecule has 19 heavy (non-hydrogen) atoms. The summed E-state index contributed by atoms with van der Waals surface area (Å²) in [6, 6.07) is 9.98. The number of fused-ring (bicyclic) bond motifs is 1. The Morgan fingerprint density at radius 3 is 3.05 bits per heavy atom. The molecular weight excluding hydrogens is 238 g/mol. The Kier molecular flexibility index (Phi) is 3.07. The van der Waals surface area contributed by atoms with E-state index in [4.69, 9.17) is 0 Å². The van der Waals surface area contributed by atoms with E-state index < -0.39 is 0 Å². The van der Waals surface area contributed by atoms with Crippen LogP contribution in [0, 0.1) is 0 Å². The van der Waals surface area contributed by atoms with Gasteiger partial charge in [0.25, 0.3) is 0 Å². The number of aryl methyl sites for hydroxylation is 1. The number of ketones is 1. The summed E-state index contributed by atoms with van der Waals surface area (Å²) in [4.78, 5) is 12.5. The van der Waals surface area contributed by atoms with E-state index in [1.807, 2.05) is 43.6 Å². The molecule has 0 saturated heterocycles. The van der Waals surface area contributed by atoms with E-state index >= 15 is 0 Å². The van der Waals surface area contributed by atoms with E-state index in [0.717, 1.165) is 29.9 Å². The van der Waals surface area contributed by atoms with E-state index in [1.165, 1.54) is 0 Å². The van der Waals surface area contributed by atoms with E-state index in [-0.39, 0.29) is 11.7 Å². The largest absolute Gasteiger partial charge is 0.385 e. The van der Waals surface area contributed by atoms with Crippen molar-refractivity contribution in [3.05, 3.63) is 47.8 Å². The van der Waals surface area contributed by atoms with Crippen LogP contribution < -0.4 is 5.32 Å². The zero-order chi connectivity index (χ0) is 13.2. The number of carbonyl (C=O) groups excluding carboxylic acids is 1. The van der Waals surface area contributed by atoms with Gasteiger partial charge in [-0.2, -0.15) is 5.10 Å². The maximum absolute atomic E-state index is 12.5. The fourth-order valence-electron chi connectivity index (χ4n) is 2.66. The van der Waals surface area contributed by atoms with Gasteiger partial charge in [-0.3, -0.25) is 9.48 Å². The Labute approximate surface area is 112 Å². The second-order valence-corrected chi connectivity index (χ2v) is 4.98. The standard InChI is InChI=1S/C15H17N3O/c1-18-9-7-11(17-18)10-15(19)13-6-8-16-14-5-3-2-4-12(13)14/h2-5,7,9,13,16H,6,8,10H2,1H3. The van der Waals surface area contributed by atoms with Crippen LogP contribution in [-0.4, -0.2) is 22.1 Å². The zero-order valence-electron chi connectivity index (χ0n) is 11.0. The normalized spacial score (nSPS) is 17.6. The zero-order valence-corrected chi connectivity index (χ0v) is 11.0. The lowest BCUT2D eigenvalue weighted by atomic mass is 9.86. The summed E-state index contributed by atoms with van der Waals surface area (Å²) >= 11 is 0. The van der Waals surface area contributed by atoms with E-state index in [2.05, 4.69) is 10.4 Å².